The highest BCUT2D eigenvalue weighted by Crippen LogP contribution is 2.04. The minimum Gasteiger partial charge on any atom is -0.302 e. The zero-order valence-electron chi connectivity index (χ0n) is 6.71. The highest BCUT2D eigenvalue weighted by Gasteiger charge is 2.23. The third kappa shape index (κ3) is 2.15. The number of rotatable bonds is 3. The van der Waals surface area contributed by atoms with Gasteiger partial charge in [0.2, 0.25) is 10.0 Å². The van der Waals surface area contributed by atoms with E-state index >= 15 is 0 Å². The molecule has 1 rings (SSSR count). The molecule has 0 aromatic heterocycles. The number of sulfonamides is 1. The maximum absolute atomic E-state index is 11.3. The fourth-order valence-electron chi connectivity index (χ4n) is 1.11. The van der Waals surface area contributed by atoms with Gasteiger partial charge in [0, 0.05) is 13.1 Å². The number of nitrogens with zero attached hydrogens (tertiary/aromatic N) is 1. The van der Waals surface area contributed by atoms with Gasteiger partial charge in [-0.1, -0.05) is 6.92 Å². The fraction of sp³-hybridized carbons (Fsp3) is 1.00. The van der Waals surface area contributed by atoms with Crippen molar-refractivity contribution >= 4 is 10.0 Å². The summed E-state index contributed by atoms with van der Waals surface area (Å²) in [5, 5.41) is 2.98. The molecule has 1 heterocycles. The zero-order chi connectivity index (χ0) is 8.32. The van der Waals surface area contributed by atoms with Crippen LogP contribution in [0.3, 0.4) is 0 Å². The van der Waals surface area contributed by atoms with E-state index in [1.807, 2.05) is 6.92 Å². The van der Waals surface area contributed by atoms with Crippen LogP contribution in [0.1, 0.15) is 13.3 Å². The van der Waals surface area contributed by atoms with Gasteiger partial charge in [-0.3, -0.25) is 0 Å². The molecule has 0 aromatic rings. The Morgan fingerprint density at radius 3 is 2.73 bits per heavy atom. The predicted octanol–water partition coefficient (Wildman–Crippen LogP) is -0.411. The fourth-order valence-corrected chi connectivity index (χ4v) is 2.54. The molecule has 0 aliphatic carbocycles. The topological polar surface area (TPSA) is 49.4 Å². The van der Waals surface area contributed by atoms with Crippen LogP contribution in [0.5, 0.6) is 0 Å². The van der Waals surface area contributed by atoms with Crippen LogP contribution < -0.4 is 5.32 Å². The molecule has 0 atom stereocenters. The second-order valence-electron chi connectivity index (χ2n) is 2.65. The van der Waals surface area contributed by atoms with E-state index in [1.54, 1.807) is 0 Å². The molecule has 0 bridgehead atoms. The van der Waals surface area contributed by atoms with Crippen molar-refractivity contribution in [2.24, 2.45) is 0 Å². The molecular weight excluding hydrogens is 164 g/mol. The highest BCUT2D eigenvalue weighted by molar-refractivity contribution is 7.89. The average Bonchev–Trinajstić information content (AvgIpc) is 2.37. The van der Waals surface area contributed by atoms with Crippen molar-refractivity contribution in [2.45, 2.75) is 13.3 Å². The molecule has 0 aromatic carbocycles. The first kappa shape index (κ1) is 8.96. The molecule has 0 saturated carbocycles. The van der Waals surface area contributed by atoms with E-state index in [-0.39, 0.29) is 5.75 Å². The molecule has 1 saturated heterocycles. The Kier molecular flexibility index (Phi) is 2.86. The van der Waals surface area contributed by atoms with Crippen LogP contribution in [0.2, 0.25) is 0 Å². The van der Waals surface area contributed by atoms with Gasteiger partial charge in [-0.2, -0.15) is 4.31 Å². The summed E-state index contributed by atoms with van der Waals surface area (Å²) in [5.74, 6) is 0.272. The third-order valence-electron chi connectivity index (χ3n) is 1.68. The summed E-state index contributed by atoms with van der Waals surface area (Å²) < 4.78 is 24.1. The van der Waals surface area contributed by atoms with Gasteiger partial charge in [0.1, 0.15) is 0 Å². The predicted molar refractivity (Wildman–Crippen MR) is 43.7 cm³/mol. The van der Waals surface area contributed by atoms with E-state index < -0.39 is 10.0 Å². The minimum absolute atomic E-state index is 0.272. The van der Waals surface area contributed by atoms with E-state index in [4.69, 9.17) is 0 Å². The van der Waals surface area contributed by atoms with Gasteiger partial charge in [-0.25, -0.2) is 8.42 Å². The van der Waals surface area contributed by atoms with Crippen molar-refractivity contribution in [2.75, 3.05) is 25.5 Å². The van der Waals surface area contributed by atoms with Gasteiger partial charge in [0.05, 0.1) is 12.4 Å². The maximum Gasteiger partial charge on any atom is 0.215 e. The number of hydrogen-bond donors (Lipinski definition) is 1. The zero-order valence-corrected chi connectivity index (χ0v) is 7.52. The minimum atomic E-state index is -2.94. The van der Waals surface area contributed by atoms with E-state index in [9.17, 15) is 8.42 Å². The highest BCUT2D eigenvalue weighted by atomic mass is 32.2. The summed E-state index contributed by atoms with van der Waals surface area (Å²) in [6, 6.07) is 0. The molecule has 1 fully saturated rings. The van der Waals surface area contributed by atoms with Gasteiger partial charge in [0.15, 0.2) is 0 Å². The molecule has 11 heavy (non-hydrogen) atoms. The van der Waals surface area contributed by atoms with Gasteiger partial charge >= 0.3 is 0 Å². The lowest BCUT2D eigenvalue weighted by atomic mass is 10.6. The summed E-state index contributed by atoms with van der Waals surface area (Å²) in [4.78, 5) is 0. The molecule has 4 nitrogen and oxygen atoms in total. The lowest BCUT2D eigenvalue weighted by Crippen LogP contribution is -2.31. The third-order valence-corrected chi connectivity index (χ3v) is 3.70. The largest absolute Gasteiger partial charge is 0.302 e. The van der Waals surface area contributed by atoms with Crippen molar-refractivity contribution in [3.63, 3.8) is 0 Å². The molecule has 1 aliphatic heterocycles. The van der Waals surface area contributed by atoms with Gasteiger partial charge in [-0.05, 0) is 6.42 Å². The van der Waals surface area contributed by atoms with Crippen LogP contribution in [-0.2, 0) is 10.0 Å². The summed E-state index contributed by atoms with van der Waals surface area (Å²) in [7, 11) is -2.94. The summed E-state index contributed by atoms with van der Waals surface area (Å²) in [6.07, 6.45) is 0.693. The molecule has 0 spiro atoms. The summed E-state index contributed by atoms with van der Waals surface area (Å²) in [6.45, 7) is 3.77. The Labute approximate surface area is 67.6 Å². The van der Waals surface area contributed by atoms with E-state index in [2.05, 4.69) is 5.32 Å². The normalized spacial score (nSPS) is 20.8. The Hall–Kier alpha value is -0.130. The Balaban J connectivity index is 2.56. The molecule has 1 aliphatic rings. The second kappa shape index (κ2) is 3.51. The average molecular weight is 178 g/mol. The molecular formula is C6H14N2O2S. The first-order valence-electron chi connectivity index (χ1n) is 3.85. The second-order valence-corrected chi connectivity index (χ2v) is 4.74. The molecule has 66 valence electrons. The molecule has 0 unspecified atom stereocenters. The van der Waals surface area contributed by atoms with E-state index in [0.717, 1.165) is 6.54 Å². The molecule has 5 heteroatoms. The van der Waals surface area contributed by atoms with Crippen molar-refractivity contribution < 1.29 is 8.42 Å². The standard InChI is InChI=1S/C6H14N2O2S/c1-2-5-11(9,10)8-4-3-7-6-8/h7H,2-6H2,1H3. The lowest BCUT2D eigenvalue weighted by molar-refractivity contribution is 0.472. The van der Waals surface area contributed by atoms with E-state index in [1.165, 1.54) is 4.31 Å². The Morgan fingerprint density at radius 2 is 2.27 bits per heavy atom. The molecule has 1 N–H and O–H groups in total. The Morgan fingerprint density at radius 1 is 1.55 bits per heavy atom. The summed E-state index contributed by atoms with van der Waals surface area (Å²) >= 11 is 0. The van der Waals surface area contributed by atoms with Gasteiger partial charge in [0.25, 0.3) is 0 Å². The monoisotopic (exact) mass is 178 g/mol. The quantitative estimate of drug-likeness (QED) is 0.639. The lowest BCUT2D eigenvalue weighted by Gasteiger charge is -2.12. The van der Waals surface area contributed by atoms with Crippen molar-refractivity contribution in [3.05, 3.63) is 0 Å². The maximum atomic E-state index is 11.3. The van der Waals surface area contributed by atoms with Gasteiger partial charge < -0.3 is 5.32 Å². The van der Waals surface area contributed by atoms with Crippen LogP contribution in [0.4, 0.5) is 0 Å². The first-order chi connectivity index (χ1) is 5.17. The Bertz CT molecular complexity index is 207. The van der Waals surface area contributed by atoms with Crippen LogP contribution in [0.25, 0.3) is 0 Å². The van der Waals surface area contributed by atoms with Crippen LogP contribution in [0, 0.1) is 0 Å². The molecule has 0 radical (unpaired) electrons. The number of hydrogen-bond acceptors (Lipinski definition) is 3. The van der Waals surface area contributed by atoms with Crippen LogP contribution in [-0.4, -0.2) is 38.2 Å². The molecule has 0 amide bonds. The van der Waals surface area contributed by atoms with Gasteiger partial charge in [-0.15, -0.1) is 0 Å². The van der Waals surface area contributed by atoms with Crippen molar-refractivity contribution in [1.82, 2.24) is 9.62 Å². The first-order valence-corrected chi connectivity index (χ1v) is 5.46. The van der Waals surface area contributed by atoms with Crippen molar-refractivity contribution in [1.29, 1.82) is 0 Å². The van der Waals surface area contributed by atoms with E-state index in [0.29, 0.717) is 19.6 Å². The summed E-state index contributed by atoms with van der Waals surface area (Å²) in [5.41, 5.74) is 0. The SMILES string of the molecule is CCCS(=O)(=O)N1CCNC1. The smallest absolute Gasteiger partial charge is 0.215 e. The van der Waals surface area contributed by atoms with Crippen LogP contribution in [0.15, 0.2) is 0 Å². The van der Waals surface area contributed by atoms with Crippen LogP contribution >= 0.6 is 0 Å². The van der Waals surface area contributed by atoms with Crippen molar-refractivity contribution in [3.8, 4) is 0 Å². The number of nitrogens with one attached hydrogen (secondary N) is 1.